The SMILES string of the molecule is CCn1nccc1C(=O)N[C@H](c1cn2nc(CC3(C(=O)OC)CC(C)CNC3=O)ccc2n1)C1CCC(C)CC1. The maximum atomic E-state index is 13.3. The van der Waals surface area contributed by atoms with Gasteiger partial charge in [-0.15, -0.1) is 0 Å². The minimum atomic E-state index is -1.33. The van der Waals surface area contributed by atoms with Crippen LogP contribution < -0.4 is 10.6 Å². The highest BCUT2D eigenvalue weighted by molar-refractivity contribution is 6.03. The molecule has 0 spiro atoms. The van der Waals surface area contributed by atoms with Gasteiger partial charge in [-0.3, -0.25) is 19.1 Å². The fourth-order valence-electron chi connectivity index (χ4n) is 6.33. The summed E-state index contributed by atoms with van der Waals surface area (Å²) in [4.78, 5) is 44.0. The Labute approximate surface area is 234 Å². The van der Waals surface area contributed by atoms with E-state index >= 15 is 0 Å². The third-order valence-corrected chi connectivity index (χ3v) is 8.58. The Morgan fingerprint density at radius 2 is 1.95 bits per heavy atom. The lowest BCUT2D eigenvalue weighted by Crippen LogP contribution is -2.55. The van der Waals surface area contributed by atoms with Gasteiger partial charge >= 0.3 is 5.97 Å². The van der Waals surface area contributed by atoms with Crippen molar-refractivity contribution in [3.8, 4) is 0 Å². The monoisotopic (exact) mass is 549 g/mol. The van der Waals surface area contributed by atoms with Crippen LogP contribution in [-0.2, 0) is 27.3 Å². The van der Waals surface area contributed by atoms with Crippen molar-refractivity contribution in [3.63, 3.8) is 0 Å². The number of carbonyl (C=O) groups is 3. The summed E-state index contributed by atoms with van der Waals surface area (Å²) in [6.45, 7) is 7.36. The molecule has 0 radical (unpaired) electrons. The van der Waals surface area contributed by atoms with Crippen LogP contribution in [0.2, 0.25) is 0 Å². The van der Waals surface area contributed by atoms with Crippen LogP contribution in [0.15, 0.2) is 30.6 Å². The first-order valence-corrected chi connectivity index (χ1v) is 14.3. The number of esters is 1. The molecule has 3 atom stereocenters. The maximum absolute atomic E-state index is 13.3. The summed E-state index contributed by atoms with van der Waals surface area (Å²) in [5.41, 5.74) is 1.16. The van der Waals surface area contributed by atoms with Crippen LogP contribution in [0, 0.1) is 23.2 Å². The number of nitrogens with one attached hydrogen (secondary N) is 2. The highest BCUT2D eigenvalue weighted by atomic mass is 16.5. The summed E-state index contributed by atoms with van der Waals surface area (Å²) in [5, 5.41) is 15.1. The first-order valence-electron chi connectivity index (χ1n) is 14.3. The zero-order chi connectivity index (χ0) is 28.4. The topological polar surface area (TPSA) is 133 Å². The first-order chi connectivity index (χ1) is 19.2. The van der Waals surface area contributed by atoms with E-state index in [0.29, 0.717) is 42.5 Å². The van der Waals surface area contributed by atoms with E-state index in [1.54, 1.807) is 27.5 Å². The molecule has 2 unspecified atom stereocenters. The van der Waals surface area contributed by atoms with Crippen LogP contribution in [0.1, 0.15) is 80.8 Å². The maximum Gasteiger partial charge on any atom is 0.321 e. The molecule has 0 bridgehead atoms. The Balaban J connectivity index is 1.45. The van der Waals surface area contributed by atoms with Crippen LogP contribution in [0.4, 0.5) is 0 Å². The molecule has 214 valence electrons. The minimum Gasteiger partial charge on any atom is -0.468 e. The van der Waals surface area contributed by atoms with E-state index in [0.717, 1.165) is 31.4 Å². The van der Waals surface area contributed by atoms with Gasteiger partial charge in [-0.05, 0) is 62.1 Å². The Morgan fingerprint density at radius 1 is 1.18 bits per heavy atom. The second-order valence-electron chi connectivity index (χ2n) is 11.6. The second kappa shape index (κ2) is 11.4. The molecule has 1 saturated heterocycles. The third kappa shape index (κ3) is 5.33. The summed E-state index contributed by atoms with van der Waals surface area (Å²) < 4.78 is 8.44. The molecule has 3 aromatic rings. The summed E-state index contributed by atoms with van der Waals surface area (Å²) >= 11 is 0. The van der Waals surface area contributed by atoms with Crippen molar-refractivity contribution >= 4 is 23.4 Å². The first kappa shape index (κ1) is 27.8. The number of aromatic nitrogens is 5. The molecule has 2 fully saturated rings. The van der Waals surface area contributed by atoms with Gasteiger partial charge in [-0.2, -0.15) is 10.2 Å². The van der Waals surface area contributed by atoms with Crippen LogP contribution in [-0.4, -0.2) is 55.8 Å². The Morgan fingerprint density at radius 3 is 2.67 bits per heavy atom. The lowest BCUT2D eigenvalue weighted by atomic mass is 9.72. The van der Waals surface area contributed by atoms with E-state index in [4.69, 9.17) is 14.8 Å². The zero-order valence-electron chi connectivity index (χ0n) is 23.7. The van der Waals surface area contributed by atoms with Crippen molar-refractivity contribution in [3.05, 3.63) is 47.7 Å². The van der Waals surface area contributed by atoms with E-state index in [1.807, 2.05) is 26.1 Å². The van der Waals surface area contributed by atoms with Gasteiger partial charge in [-0.25, -0.2) is 9.50 Å². The van der Waals surface area contributed by atoms with Crippen molar-refractivity contribution in [2.45, 2.75) is 71.9 Å². The van der Waals surface area contributed by atoms with Crippen molar-refractivity contribution in [1.29, 1.82) is 0 Å². The molecule has 3 aromatic heterocycles. The average molecular weight is 550 g/mol. The number of carbonyl (C=O) groups excluding carboxylic acids is 3. The zero-order valence-corrected chi connectivity index (χ0v) is 23.7. The van der Waals surface area contributed by atoms with Gasteiger partial charge in [0.1, 0.15) is 5.69 Å². The molecular weight excluding hydrogens is 510 g/mol. The molecule has 1 aliphatic carbocycles. The number of ether oxygens (including phenoxy) is 1. The molecule has 2 aliphatic rings. The van der Waals surface area contributed by atoms with E-state index < -0.39 is 11.4 Å². The van der Waals surface area contributed by atoms with E-state index in [9.17, 15) is 14.4 Å². The molecule has 1 aliphatic heterocycles. The van der Waals surface area contributed by atoms with Crippen molar-refractivity contribution in [1.82, 2.24) is 35.0 Å². The number of piperidine rings is 1. The Hall–Kier alpha value is -3.76. The number of aryl methyl sites for hydroxylation is 1. The number of nitrogens with zero attached hydrogens (tertiary/aromatic N) is 5. The van der Waals surface area contributed by atoms with E-state index in [1.165, 1.54) is 7.11 Å². The predicted molar refractivity (Wildman–Crippen MR) is 147 cm³/mol. The van der Waals surface area contributed by atoms with Crippen molar-refractivity contribution in [2.24, 2.45) is 23.2 Å². The van der Waals surface area contributed by atoms with Gasteiger partial charge in [0.15, 0.2) is 11.1 Å². The van der Waals surface area contributed by atoms with Crippen LogP contribution in [0.3, 0.4) is 0 Å². The summed E-state index contributed by atoms with van der Waals surface area (Å²) in [6, 6.07) is 5.10. The predicted octanol–water partition coefficient (Wildman–Crippen LogP) is 3.10. The van der Waals surface area contributed by atoms with E-state index in [2.05, 4.69) is 22.7 Å². The van der Waals surface area contributed by atoms with E-state index in [-0.39, 0.29) is 36.1 Å². The highest BCUT2D eigenvalue weighted by Gasteiger charge is 2.50. The number of amides is 2. The number of rotatable bonds is 8. The fraction of sp³-hybridized carbons (Fsp3) is 0.586. The minimum absolute atomic E-state index is 0.126. The standard InChI is InChI=1S/C29H39N7O4/c1-5-35-23(12-13-31-35)26(37)33-25(20-8-6-18(2)7-9-20)22-17-36-24(32-22)11-10-21(34-36)15-29(28(39)40-4)14-19(3)16-30-27(29)38/h10-13,17-20,25H,5-9,14-16H2,1-4H3,(H,30,38)(H,33,37)/t18?,19?,20?,25-,29?/m0/s1. The lowest BCUT2D eigenvalue weighted by Gasteiger charge is -2.36. The number of fused-ring (bicyclic) bond motifs is 1. The van der Waals surface area contributed by atoms with Gasteiger partial charge in [-0.1, -0.05) is 26.7 Å². The Bertz CT molecular complexity index is 1380. The van der Waals surface area contributed by atoms with Gasteiger partial charge in [0.2, 0.25) is 5.91 Å². The van der Waals surface area contributed by atoms with Crippen molar-refractivity contribution < 1.29 is 19.1 Å². The average Bonchev–Trinajstić information content (AvgIpc) is 3.60. The lowest BCUT2D eigenvalue weighted by molar-refractivity contribution is -0.162. The summed E-state index contributed by atoms with van der Waals surface area (Å²) in [6.07, 6.45) is 8.23. The molecule has 2 N–H and O–H groups in total. The third-order valence-electron chi connectivity index (χ3n) is 8.58. The molecule has 11 heteroatoms. The van der Waals surface area contributed by atoms with Crippen LogP contribution in [0.5, 0.6) is 0 Å². The molecular formula is C29H39N7O4. The molecule has 2 amide bonds. The quantitative estimate of drug-likeness (QED) is 0.326. The molecule has 1 saturated carbocycles. The Kier molecular flexibility index (Phi) is 7.91. The second-order valence-corrected chi connectivity index (χ2v) is 11.6. The number of hydrogen-bond donors (Lipinski definition) is 2. The molecule has 0 aromatic carbocycles. The van der Waals surface area contributed by atoms with Gasteiger partial charge in [0.25, 0.3) is 5.91 Å². The number of hydrogen-bond acceptors (Lipinski definition) is 7. The van der Waals surface area contributed by atoms with Crippen molar-refractivity contribution in [2.75, 3.05) is 13.7 Å². The largest absolute Gasteiger partial charge is 0.468 e. The summed E-state index contributed by atoms with van der Waals surface area (Å²) in [7, 11) is 1.31. The fourth-order valence-corrected chi connectivity index (χ4v) is 6.33. The number of methoxy groups -OCH3 is 1. The molecule has 5 rings (SSSR count). The van der Waals surface area contributed by atoms with Gasteiger partial charge in [0.05, 0.1) is 30.7 Å². The highest BCUT2D eigenvalue weighted by Crippen LogP contribution is 2.38. The molecule has 4 heterocycles. The van der Waals surface area contributed by atoms with Gasteiger partial charge in [0, 0.05) is 25.7 Å². The number of imidazole rings is 1. The van der Waals surface area contributed by atoms with Crippen LogP contribution in [0.25, 0.3) is 5.65 Å². The smallest absolute Gasteiger partial charge is 0.321 e. The summed E-state index contributed by atoms with van der Waals surface area (Å²) in [5.74, 6) is -0.00594. The van der Waals surface area contributed by atoms with Gasteiger partial charge < -0.3 is 15.4 Å². The normalized spacial score (nSPS) is 25.8. The molecule has 11 nitrogen and oxygen atoms in total. The molecule has 40 heavy (non-hydrogen) atoms. The van der Waals surface area contributed by atoms with Crippen LogP contribution >= 0.6 is 0 Å².